The summed E-state index contributed by atoms with van der Waals surface area (Å²) in [4.78, 5) is 14.1. The fourth-order valence-electron chi connectivity index (χ4n) is 2.58. The van der Waals surface area contributed by atoms with Gasteiger partial charge in [-0.05, 0) is 30.9 Å². The molecule has 0 aliphatic heterocycles. The number of aliphatic hydroxyl groups excluding tert-OH is 1. The Morgan fingerprint density at radius 1 is 1.38 bits per heavy atom. The molecule has 1 aliphatic carbocycles. The largest absolute Gasteiger partial charge is 0.493 e. The zero-order valence-corrected chi connectivity index (χ0v) is 13.2. The number of hydrogen-bond donors (Lipinski definition) is 1. The van der Waals surface area contributed by atoms with Crippen LogP contribution in [0.3, 0.4) is 0 Å². The van der Waals surface area contributed by atoms with Gasteiger partial charge in [0.05, 0.1) is 25.3 Å². The Bertz CT molecular complexity index is 529. The average molecular weight is 314 g/mol. The highest BCUT2D eigenvalue weighted by atomic mass is 35.5. The highest BCUT2D eigenvalue weighted by molar-refractivity contribution is 6.32. The minimum atomic E-state index is -0.214. The standard InChI is InChI=1S/C15H20ClNO4/c1-17(8-9-4-11(18)5-9)15(19)10-6-12(16)14(21-3)13(7-10)20-2/h6-7,9,11,18H,4-5,8H2,1-3H3. The number of benzene rings is 1. The van der Waals surface area contributed by atoms with Crippen molar-refractivity contribution in [3.8, 4) is 11.5 Å². The average Bonchev–Trinajstić information content (AvgIpc) is 2.43. The maximum atomic E-state index is 12.4. The first kappa shape index (κ1) is 15.9. The first-order valence-electron chi connectivity index (χ1n) is 6.81. The molecule has 1 fully saturated rings. The number of aliphatic hydroxyl groups is 1. The molecular formula is C15H20ClNO4. The molecule has 6 heteroatoms. The van der Waals surface area contributed by atoms with E-state index in [9.17, 15) is 9.90 Å². The Labute approximate surface area is 129 Å². The summed E-state index contributed by atoms with van der Waals surface area (Å²) < 4.78 is 10.4. The van der Waals surface area contributed by atoms with Gasteiger partial charge in [0.2, 0.25) is 0 Å². The third-order valence-corrected chi connectivity index (χ3v) is 4.05. The van der Waals surface area contributed by atoms with Crippen LogP contribution < -0.4 is 9.47 Å². The van der Waals surface area contributed by atoms with Gasteiger partial charge in [-0.3, -0.25) is 4.79 Å². The maximum absolute atomic E-state index is 12.4. The molecule has 1 aliphatic rings. The smallest absolute Gasteiger partial charge is 0.253 e. The van der Waals surface area contributed by atoms with E-state index in [2.05, 4.69) is 0 Å². The number of rotatable bonds is 5. The van der Waals surface area contributed by atoms with Crippen molar-refractivity contribution in [2.75, 3.05) is 27.8 Å². The molecule has 0 heterocycles. The van der Waals surface area contributed by atoms with E-state index in [0.717, 1.165) is 12.8 Å². The number of methoxy groups -OCH3 is 2. The van der Waals surface area contributed by atoms with Crippen LogP contribution >= 0.6 is 11.6 Å². The van der Waals surface area contributed by atoms with Gasteiger partial charge < -0.3 is 19.5 Å². The molecule has 116 valence electrons. The van der Waals surface area contributed by atoms with E-state index >= 15 is 0 Å². The molecule has 0 spiro atoms. The molecule has 1 amide bonds. The minimum absolute atomic E-state index is 0.126. The van der Waals surface area contributed by atoms with Crippen LogP contribution in [0.1, 0.15) is 23.2 Å². The molecule has 0 atom stereocenters. The normalized spacial score (nSPS) is 20.6. The second-order valence-electron chi connectivity index (χ2n) is 5.37. The summed E-state index contributed by atoms with van der Waals surface area (Å²) in [6, 6.07) is 3.20. The Morgan fingerprint density at radius 2 is 2.05 bits per heavy atom. The molecule has 1 aromatic rings. The number of ether oxygens (including phenoxy) is 2. The second-order valence-corrected chi connectivity index (χ2v) is 5.78. The van der Waals surface area contributed by atoms with Crippen LogP contribution in [-0.4, -0.2) is 49.8 Å². The summed E-state index contributed by atoms with van der Waals surface area (Å²) in [6.07, 6.45) is 1.29. The number of nitrogens with zero attached hydrogens (tertiary/aromatic N) is 1. The molecular weight excluding hydrogens is 294 g/mol. The summed E-state index contributed by atoms with van der Waals surface area (Å²) in [5.74, 6) is 1.09. The van der Waals surface area contributed by atoms with Crippen molar-refractivity contribution in [1.82, 2.24) is 4.90 Å². The van der Waals surface area contributed by atoms with Crippen LogP contribution in [0.5, 0.6) is 11.5 Å². The van der Waals surface area contributed by atoms with E-state index in [1.165, 1.54) is 14.2 Å². The lowest BCUT2D eigenvalue weighted by Gasteiger charge is -2.34. The van der Waals surface area contributed by atoms with E-state index in [4.69, 9.17) is 21.1 Å². The highest BCUT2D eigenvalue weighted by Crippen LogP contribution is 2.36. The highest BCUT2D eigenvalue weighted by Gasteiger charge is 2.29. The lowest BCUT2D eigenvalue weighted by Crippen LogP contribution is -2.39. The Kier molecular flexibility index (Phi) is 4.96. The molecule has 1 saturated carbocycles. The summed E-state index contributed by atoms with van der Waals surface area (Å²) >= 11 is 6.12. The van der Waals surface area contributed by atoms with E-state index in [1.54, 1.807) is 24.1 Å². The van der Waals surface area contributed by atoms with Gasteiger partial charge in [-0.1, -0.05) is 11.6 Å². The molecule has 0 radical (unpaired) electrons. The van der Waals surface area contributed by atoms with E-state index in [-0.39, 0.29) is 12.0 Å². The zero-order chi connectivity index (χ0) is 15.6. The fourth-order valence-corrected chi connectivity index (χ4v) is 2.87. The Balaban J connectivity index is 2.13. The van der Waals surface area contributed by atoms with Crippen LogP contribution in [0.25, 0.3) is 0 Å². The molecule has 0 aromatic heterocycles. The number of hydrogen-bond acceptors (Lipinski definition) is 4. The number of carbonyl (C=O) groups is 1. The summed E-state index contributed by atoms with van der Waals surface area (Å²) in [7, 11) is 4.75. The van der Waals surface area contributed by atoms with Crippen molar-refractivity contribution < 1.29 is 19.4 Å². The number of halogens is 1. The van der Waals surface area contributed by atoms with E-state index in [1.807, 2.05) is 0 Å². The molecule has 0 bridgehead atoms. The van der Waals surface area contributed by atoms with Gasteiger partial charge >= 0.3 is 0 Å². The minimum Gasteiger partial charge on any atom is -0.493 e. The Morgan fingerprint density at radius 3 is 2.57 bits per heavy atom. The molecule has 5 nitrogen and oxygen atoms in total. The quantitative estimate of drug-likeness (QED) is 0.905. The monoisotopic (exact) mass is 313 g/mol. The summed E-state index contributed by atoms with van der Waals surface area (Å²) in [5.41, 5.74) is 0.458. The van der Waals surface area contributed by atoms with Crippen molar-refractivity contribution in [2.24, 2.45) is 5.92 Å². The number of carbonyl (C=O) groups excluding carboxylic acids is 1. The predicted octanol–water partition coefficient (Wildman–Crippen LogP) is 2.20. The first-order valence-corrected chi connectivity index (χ1v) is 7.19. The van der Waals surface area contributed by atoms with Crippen LogP contribution in [0.2, 0.25) is 5.02 Å². The van der Waals surface area contributed by atoms with Crippen LogP contribution in [0.4, 0.5) is 0 Å². The number of amides is 1. The van der Waals surface area contributed by atoms with Crippen molar-refractivity contribution in [3.63, 3.8) is 0 Å². The first-order chi connectivity index (χ1) is 9.96. The van der Waals surface area contributed by atoms with Crippen molar-refractivity contribution in [2.45, 2.75) is 18.9 Å². The SMILES string of the molecule is COc1cc(C(=O)N(C)CC2CC(O)C2)cc(Cl)c1OC. The van der Waals surface area contributed by atoms with Gasteiger partial charge in [-0.15, -0.1) is 0 Å². The lowest BCUT2D eigenvalue weighted by atomic mass is 9.82. The van der Waals surface area contributed by atoms with Crippen molar-refractivity contribution >= 4 is 17.5 Å². The topological polar surface area (TPSA) is 59.0 Å². The maximum Gasteiger partial charge on any atom is 0.253 e. The van der Waals surface area contributed by atoms with E-state index in [0.29, 0.717) is 34.5 Å². The molecule has 0 saturated heterocycles. The molecule has 1 aromatic carbocycles. The fraction of sp³-hybridized carbons (Fsp3) is 0.533. The molecule has 21 heavy (non-hydrogen) atoms. The second kappa shape index (κ2) is 6.54. The predicted molar refractivity (Wildman–Crippen MR) is 80.2 cm³/mol. The van der Waals surface area contributed by atoms with E-state index < -0.39 is 0 Å². The van der Waals surface area contributed by atoms with Crippen LogP contribution in [0.15, 0.2) is 12.1 Å². The Hall–Kier alpha value is -1.46. The molecule has 0 unspecified atom stereocenters. The van der Waals surface area contributed by atoms with Crippen molar-refractivity contribution in [1.29, 1.82) is 0 Å². The van der Waals surface area contributed by atoms with Gasteiger partial charge in [0.1, 0.15) is 0 Å². The van der Waals surface area contributed by atoms with Crippen LogP contribution in [-0.2, 0) is 0 Å². The van der Waals surface area contributed by atoms with Crippen molar-refractivity contribution in [3.05, 3.63) is 22.7 Å². The van der Waals surface area contributed by atoms with Gasteiger partial charge in [0.15, 0.2) is 11.5 Å². The van der Waals surface area contributed by atoms with Crippen LogP contribution in [0, 0.1) is 5.92 Å². The van der Waals surface area contributed by atoms with Gasteiger partial charge in [-0.2, -0.15) is 0 Å². The third kappa shape index (κ3) is 3.41. The van der Waals surface area contributed by atoms with Gasteiger partial charge in [0, 0.05) is 19.2 Å². The summed E-state index contributed by atoms with van der Waals surface area (Å²) in [5, 5.41) is 9.64. The third-order valence-electron chi connectivity index (χ3n) is 3.77. The summed E-state index contributed by atoms with van der Waals surface area (Å²) in [6.45, 7) is 0.627. The van der Waals surface area contributed by atoms with Gasteiger partial charge in [-0.25, -0.2) is 0 Å². The van der Waals surface area contributed by atoms with Gasteiger partial charge in [0.25, 0.3) is 5.91 Å². The molecule has 2 rings (SSSR count). The zero-order valence-electron chi connectivity index (χ0n) is 12.4. The molecule has 1 N–H and O–H groups in total. The lowest BCUT2D eigenvalue weighted by molar-refractivity contribution is 0.0265.